The highest BCUT2D eigenvalue weighted by molar-refractivity contribution is 6.30. The van der Waals surface area contributed by atoms with Crippen molar-refractivity contribution >= 4 is 29.2 Å². The number of alkyl halides is 3. The molecule has 3 amide bonds. The third kappa shape index (κ3) is 4.87. The summed E-state index contributed by atoms with van der Waals surface area (Å²) >= 11 is 5.93. The van der Waals surface area contributed by atoms with Gasteiger partial charge >= 0.3 is 12.2 Å². The number of nitrogens with one attached hydrogen (secondary N) is 1. The second-order valence-corrected chi connectivity index (χ2v) is 7.43. The smallest absolute Gasteiger partial charge is 0.355 e. The molecule has 2 aromatic carbocycles. The number of urea groups is 1. The summed E-state index contributed by atoms with van der Waals surface area (Å²) in [5.74, 6) is -0.314. The largest absolute Gasteiger partial charge is 0.416 e. The SMILES string of the molecule is CCCNC(=O)CN1C[C@H](c2cccc(C(F)(F)F)c2)N(c2ccc(Cl)cc2)C1=O. The molecule has 0 radical (unpaired) electrons. The molecule has 1 aliphatic rings. The maximum atomic E-state index is 13.2. The van der Waals surface area contributed by atoms with Crippen LogP contribution in [0.2, 0.25) is 5.02 Å². The number of hydrogen-bond acceptors (Lipinski definition) is 2. The fourth-order valence-electron chi connectivity index (χ4n) is 3.35. The second kappa shape index (κ2) is 8.95. The number of halogens is 4. The van der Waals surface area contributed by atoms with E-state index in [1.807, 2.05) is 6.92 Å². The van der Waals surface area contributed by atoms with Crippen LogP contribution in [0.5, 0.6) is 0 Å². The first-order chi connectivity index (χ1) is 14.2. The molecule has 2 aromatic rings. The normalized spacial score (nSPS) is 16.8. The van der Waals surface area contributed by atoms with Gasteiger partial charge in [-0.1, -0.05) is 30.7 Å². The van der Waals surface area contributed by atoms with E-state index in [0.29, 0.717) is 22.8 Å². The van der Waals surface area contributed by atoms with Crippen LogP contribution in [-0.2, 0) is 11.0 Å². The van der Waals surface area contributed by atoms with Crippen LogP contribution in [0.15, 0.2) is 48.5 Å². The molecule has 1 saturated heterocycles. The Morgan fingerprint density at radius 3 is 2.53 bits per heavy atom. The average Bonchev–Trinajstić information content (AvgIpc) is 3.02. The van der Waals surface area contributed by atoms with Crippen molar-refractivity contribution in [2.75, 3.05) is 24.5 Å². The summed E-state index contributed by atoms with van der Waals surface area (Å²) in [6.07, 6.45) is -3.74. The molecule has 0 bridgehead atoms. The first-order valence-electron chi connectivity index (χ1n) is 9.48. The third-order valence-electron chi connectivity index (χ3n) is 4.79. The summed E-state index contributed by atoms with van der Waals surface area (Å²) in [5, 5.41) is 3.18. The van der Waals surface area contributed by atoms with Gasteiger partial charge in [-0.3, -0.25) is 9.69 Å². The summed E-state index contributed by atoms with van der Waals surface area (Å²) in [6, 6.07) is 10.2. The van der Waals surface area contributed by atoms with Gasteiger partial charge in [-0.25, -0.2) is 4.79 Å². The van der Waals surface area contributed by atoms with Gasteiger partial charge in [-0.2, -0.15) is 13.2 Å². The molecule has 0 aromatic heterocycles. The van der Waals surface area contributed by atoms with E-state index >= 15 is 0 Å². The van der Waals surface area contributed by atoms with Crippen LogP contribution in [0.4, 0.5) is 23.7 Å². The zero-order chi connectivity index (χ0) is 21.9. The second-order valence-electron chi connectivity index (χ2n) is 7.00. The lowest BCUT2D eigenvalue weighted by Gasteiger charge is -2.24. The fraction of sp³-hybridized carbons (Fsp3) is 0.333. The van der Waals surface area contributed by atoms with Gasteiger partial charge < -0.3 is 10.2 Å². The average molecular weight is 440 g/mol. The van der Waals surface area contributed by atoms with Crippen LogP contribution in [0.3, 0.4) is 0 Å². The molecule has 3 rings (SSSR count). The summed E-state index contributed by atoms with van der Waals surface area (Å²) in [6.45, 7) is 2.31. The summed E-state index contributed by atoms with van der Waals surface area (Å²) in [4.78, 5) is 28.0. The van der Waals surface area contributed by atoms with E-state index < -0.39 is 23.8 Å². The zero-order valence-corrected chi connectivity index (χ0v) is 17.0. The van der Waals surface area contributed by atoms with E-state index in [9.17, 15) is 22.8 Å². The Labute approximate surface area is 177 Å². The van der Waals surface area contributed by atoms with E-state index in [0.717, 1.165) is 18.6 Å². The monoisotopic (exact) mass is 439 g/mol. The van der Waals surface area contributed by atoms with Gasteiger partial charge in [0.05, 0.1) is 11.6 Å². The number of nitrogens with zero attached hydrogens (tertiary/aromatic N) is 2. The zero-order valence-electron chi connectivity index (χ0n) is 16.2. The van der Waals surface area contributed by atoms with Crippen molar-refractivity contribution in [1.29, 1.82) is 0 Å². The maximum Gasteiger partial charge on any atom is 0.416 e. The lowest BCUT2D eigenvalue weighted by atomic mass is 10.0. The van der Waals surface area contributed by atoms with E-state index in [1.54, 1.807) is 30.3 Å². The molecule has 9 heteroatoms. The van der Waals surface area contributed by atoms with Gasteiger partial charge in [0.2, 0.25) is 5.91 Å². The highest BCUT2D eigenvalue weighted by Gasteiger charge is 2.41. The Morgan fingerprint density at radius 1 is 1.20 bits per heavy atom. The van der Waals surface area contributed by atoms with E-state index in [2.05, 4.69) is 5.32 Å². The molecular formula is C21H21ClF3N3O2. The number of hydrogen-bond donors (Lipinski definition) is 1. The van der Waals surface area contributed by atoms with Crippen molar-refractivity contribution in [1.82, 2.24) is 10.2 Å². The number of carbonyl (C=O) groups excluding carboxylic acids is 2. The van der Waals surface area contributed by atoms with Gasteiger partial charge in [-0.05, 0) is 48.4 Å². The minimum Gasteiger partial charge on any atom is -0.355 e. The Balaban J connectivity index is 1.95. The van der Waals surface area contributed by atoms with E-state index in [1.165, 1.54) is 15.9 Å². The minimum atomic E-state index is -4.50. The van der Waals surface area contributed by atoms with Crippen LogP contribution < -0.4 is 10.2 Å². The molecular weight excluding hydrogens is 419 g/mol. The highest BCUT2D eigenvalue weighted by atomic mass is 35.5. The number of amides is 3. The van der Waals surface area contributed by atoms with E-state index in [4.69, 9.17) is 11.6 Å². The Morgan fingerprint density at radius 2 is 1.90 bits per heavy atom. The van der Waals surface area contributed by atoms with Crippen molar-refractivity contribution in [2.45, 2.75) is 25.6 Å². The molecule has 160 valence electrons. The van der Waals surface area contributed by atoms with Gasteiger partial charge in [0, 0.05) is 23.8 Å². The topological polar surface area (TPSA) is 52.7 Å². The standard InChI is InChI=1S/C21H21ClF3N3O2/c1-2-10-26-19(29)13-27-12-18(14-4-3-5-15(11-14)21(23,24)25)28(20(27)30)17-8-6-16(22)7-9-17/h3-9,11,18H,2,10,12-13H2,1H3,(H,26,29)/t18-/m1/s1. The molecule has 1 N–H and O–H groups in total. The van der Waals surface area contributed by atoms with Gasteiger partial charge in [-0.15, -0.1) is 0 Å². The summed E-state index contributed by atoms with van der Waals surface area (Å²) < 4.78 is 39.6. The fourth-order valence-corrected chi connectivity index (χ4v) is 3.47. The van der Waals surface area contributed by atoms with Crippen LogP contribution in [0.25, 0.3) is 0 Å². The first-order valence-corrected chi connectivity index (χ1v) is 9.86. The molecule has 1 heterocycles. The highest BCUT2D eigenvalue weighted by Crippen LogP contribution is 2.37. The lowest BCUT2D eigenvalue weighted by Crippen LogP contribution is -2.40. The van der Waals surface area contributed by atoms with Crippen molar-refractivity contribution in [3.05, 3.63) is 64.7 Å². The Bertz CT molecular complexity index is 918. The number of benzene rings is 2. The lowest BCUT2D eigenvalue weighted by molar-refractivity contribution is -0.137. The number of rotatable bonds is 6. The minimum absolute atomic E-state index is 0.0856. The number of carbonyl (C=O) groups is 2. The van der Waals surface area contributed by atoms with Gasteiger partial charge in [0.25, 0.3) is 0 Å². The van der Waals surface area contributed by atoms with Crippen molar-refractivity contribution in [3.8, 4) is 0 Å². The Hall–Kier alpha value is -2.74. The van der Waals surface area contributed by atoms with Crippen LogP contribution in [0, 0.1) is 0 Å². The van der Waals surface area contributed by atoms with Crippen LogP contribution in [0.1, 0.15) is 30.5 Å². The molecule has 0 saturated carbocycles. The summed E-state index contributed by atoms with van der Waals surface area (Å²) in [5.41, 5.74) is 0.0375. The van der Waals surface area contributed by atoms with Crippen LogP contribution in [-0.4, -0.2) is 36.5 Å². The summed E-state index contributed by atoms with van der Waals surface area (Å²) in [7, 11) is 0. The predicted molar refractivity (Wildman–Crippen MR) is 108 cm³/mol. The predicted octanol–water partition coefficient (Wildman–Crippen LogP) is 4.87. The van der Waals surface area contributed by atoms with Gasteiger partial charge in [0.15, 0.2) is 0 Å². The Kier molecular flexibility index (Phi) is 6.55. The molecule has 1 aliphatic heterocycles. The molecule has 5 nitrogen and oxygen atoms in total. The van der Waals surface area contributed by atoms with Crippen molar-refractivity contribution in [2.24, 2.45) is 0 Å². The number of anilines is 1. The van der Waals surface area contributed by atoms with Crippen LogP contribution >= 0.6 is 11.6 Å². The first kappa shape index (κ1) is 22.0. The maximum absolute atomic E-state index is 13.2. The van der Waals surface area contributed by atoms with Crippen molar-refractivity contribution in [3.63, 3.8) is 0 Å². The van der Waals surface area contributed by atoms with E-state index in [-0.39, 0.29) is 19.0 Å². The molecule has 1 fully saturated rings. The molecule has 0 aliphatic carbocycles. The molecule has 0 spiro atoms. The van der Waals surface area contributed by atoms with Gasteiger partial charge in [0.1, 0.15) is 6.54 Å². The third-order valence-corrected chi connectivity index (χ3v) is 5.04. The van der Waals surface area contributed by atoms with Crippen molar-refractivity contribution < 1.29 is 22.8 Å². The molecule has 30 heavy (non-hydrogen) atoms. The quantitative estimate of drug-likeness (QED) is 0.698. The molecule has 1 atom stereocenters. The molecule has 0 unspecified atom stereocenters.